The Morgan fingerprint density at radius 1 is 0.941 bits per heavy atom. The van der Waals surface area contributed by atoms with Crippen molar-refractivity contribution in [2.75, 3.05) is 20.2 Å². The number of Topliss-reactive ketones (excluding diaryl/α,β-unsaturated/α-hetero) is 1. The Hall–Kier alpha value is -3.11. The number of nitrogens with zero attached hydrogens (tertiary/aromatic N) is 1. The lowest BCUT2D eigenvalue weighted by atomic mass is 9.56. The van der Waals surface area contributed by atoms with Crippen LogP contribution in [0.1, 0.15) is 29.5 Å². The number of carbonyl (C=O) groups excluding carboxylic acids is 1. The molecule has 4 nitrogen and oxygen atoms in total. The van der Waals surface area contributed by atoms with Gasteiger partial charge in [-0.15, -0.1) is 12.4 Å². The third-order valence-corrected chi connectivity index (χ3v) is 7.64. The molecule has 34 heavy (non-hydrogen) atoms. The molecule has 1 saturated heterocycles. The summed E-state index contributed by atoms with van der Waals surface area (Å²) in [6, 6.07) is 29.2. The van der Waals surface area contributed by atoms with Crippen LogP contribution in [0.5, 0.6) is 5.75 Å². The van der Waals surface area contributed by atoms with Crippen molar-refractivity contribution < 1.29 is 9.53 Å². The van der Waals surface area contributed by atoms with Crippen molar-refractivity contribution in [3.8, 4) is 5.75 Å². The van der Waals surface area contributed by atoms with Gasteiger partial charge in [-0.3, -0.25) is 10.2 Å². The molecule has 3 aromatic carbocycles. The van der Waals surface area contributed by atoms with Crippen LogP contribution in [0.15, 0.2) is 84.9 Å². The van der Waals surface area contributed by atoms with E-state index in [1.807, 2.05) is 24.3 Å². The van der Waals surface area contributed by atoms with Crippen LogP contribution >= 0.6 is 12.4 Å². The van der Waals surface area contributed by atoms with Crippen molar-refractivity contribution in [3.05, 3.63) is 102 Å². The van der Waals surface area contributed by atoms with Gasteiger partial charge in [0.15, 0.2) is 0 Å². The summed E-state index contributed by atoms with van der Waals surface area (Å²) < 4.78 is 5.50. The highest BCUT2D eigenvalue weighted by Gasteiger charge is 2.54. The van der Waals surface area contributed by atoms with Crippen LogP contribution in [0, 0.1) is 17.2 Å². The Kier molecular flexibility index (Phi) is 7.08. The molecule has 5 rings (SSSR count). The number of carbonyl (C=O) groups is 1. The molecule has 5 heteroatoms. The summed E-state index contributed by atoms with van der Waals surface area (Å²) in [5.41, 5.74) is 3.33. The Bertz CT molecular complexity index is 1110. The minimum absolute atomic E-state index is 0. The third kappa shape index (κ3) is 4.12. The van der Waals surface area contributed by atoms with Crippen molar-refractivity contribution >= 4 is 24.0 Å². The first-order chi connectivity index (χ1) is 16.1. The van der Waals surface area contributed by atoms with E-state index in [-0.39, 0.29) is 29.7 Å². The minimum Gasteiger partial charge on any atom is -0.496 e. The molecule has 1 N–H and O–H groups in total. The maximum absolute atomic E-state index is 13.1. The van der Waals surface area contributed by atoms with E-state index < -0.39 is 0 Å². The summed E-state index contributed by atoms with van der Waals surface area (Å²) in [6.45, 7) is 1.34. The Morgan fingerprint density at radius 2 is 1.53 bits per heavy atom. The van der Waals surface area contributed by atoms with Crippen LogP contribution in [0.4, 0.5) is 0 Å². The van der Waals surface area contributed by atoms with Gasteiger partial charge in [0.25, 0.3) is 0 Å². The van der Waals surface area contributed by atoms with Gasteiger partial charge in [-0.25, -0.2) is 0 Å². The molecular formula is C29H31ClN2O2. The molecule has 1 aliphatic heterocycles. The summed E-state index contributed by atoms with van der Waals surface area (Å²) in [6.07, 6.45) is 1.90. The van der Waals surface area contributed by atoms with Gasteiger partial charge in [-0.1, -0.05) is 78.9 Å². The van der Waals surface area contributed by atoms with Gasteiger partial charge in [0.2, 0.25) is 0 Å². The van der Waals surface area contributed by atoms with E-state index in [2.05, 4.69) is 65.6 Å². The third-order valence-electron chi connectivity index (χ3n) is 7.64. The van der Waals surface area contributed by atoms with Crippen molar-refractivity contribution in [2.24, 2.45) is 11.8 Å². The largest absolute Gasteiger partial charge is 0.496 e. The molecule has 176 valence electrons. The monoisotopic (exact) mass is 474 g/mol. The summed E-state index contributed by atoms with van der Waals surface area (Å²) in [5.74, 6) is 1.78. The van der Waals surface area contributed by atoms with Crippen LogP contribution in [0.2, 0.25) is 0 Å². The van der Waals surface area contributed by atoms with Gasteiger partial charge in [0.05, 0.1) is 7.11 Å². The quantitative estimate of drug-likeness (QED) is 0.390. The molecule has 0 unspecified atom stereocenters. The molecule has 0 bridgehead atoms. The van der Waals surface area contributed by atoms with Crippen molar-refractivity contribution in [1.82, 2.24) is 4.90 Å². The summed E-state index contributed by atoms with van der Waals surface area (Å²) in [5, 5.41) is 8.91. The standard InChI is InChI=1S/C29H30N2O2.ClH/c1-33-27-15-9-8-10-21(27)18-28(30)31-19-24-25(20-31)29(17-16-26(24)32,22-11-4-2-5-12-22)23-13-6-3-7-14-23;/h2-15,24-25,30H,16-20H2,1H3;1H/t24-,25+;/m0./s1. The van der Waals surface area contributed by atoms with E-state index >= 15 is 0 Å². The van der Waals surface area contributed by atoms with E-state index in [9.17, 15) is 4.79 Å². The molecule has 2 aliphatic rings. The van der Waals surface area contributed by atoms with E-state index in [0.29, 0.717) is 37.6 Å². The highest BCUT2D eigenvalue weighted by atomic mass is 35.5. The Labute approximate surface area is 207 Å². The van der Waals surface area contributed by atoms with Crippen molar-refractivity contribution in [1.29, 1.82) is 5.41 Å². The van der Waals surface area contributed by atoms with Gasteiger partial charge in [0, 0.05) is 48.7 Å². The number of methoxy groups -OCH3 is 1. The zero-order valence-electron chi connectivity index (χ0n) is 19.4. The van der Waals surface area contributed by atoms with Gasteiger partial charge in [-0.2, -0.15) is 0 Å². The normalized spacial score (nSPS) is 20.9. The number of likely N-dealkylation sites (tertiary alicyclic amines) is 1. The maximum atomic E-state index is 13.1. The van der Waals surface area contributed by atoms with Gasteiger partial charge in [0.1, 0.15) is 17.4 Å². The number of benzene rings is 3. The summed E-state index contributed by atoms with van der Waals surface area (Å²) in [4.78, 5) is 15.3. The van der Waals surface area contributed by atoms with Gasteiger partial charge in [-0.05, 0) is 23.6 Å². The number of hydrogen-bond acceptors (Lipinski definition) is 3. The Morgan fingerprint density at radius 3 is 2.15 bits per heavy atom. The molecule has 0 radical (unpaired) electrons. The summed E-state index contributed by atoms with van der Waals surface area (Å²) in [7, 11) is 1.67. The number of amidine groups is 1. The lowest BCUT2D eigenvalue weighted by Gasteiger charge is -2.45. The number of ketones is 1. The second kappa shape index (κ2) is 10.0. The number of hydrogen-bond donors (Lipinski definition) is 1. The van der Waals surface area contributed by atoms with Gasteiger partial charge >= 0.3 is 0 Å². The molecule has 2 fully saturated rings. The topological polar surface area (TPSA) is 53.4 Å². The first-order valence-electron chi connectivity index (χ1n) is 11.7. The zero-order valence-corrected chi connectivity index (χ0v) is 20.3. The van der Waals surface area contributed by atoms with Crippen LogP contribution in [-0.2, 0) is 16.6 Å². The molecule has 2 atom stereocenters. The number of fused-ring (bicyclic) bond motifs is 1. The molecule has 0 amide bonds. The first kappa shape index (κ1) is 24.0. The van der Waals surface area contributed by atoms with Crippen molar-refractivity contribution in [3.63, 3.8) is 0 Å². The Balaban J connectivity index is 0.00000274. The van der Waals surface area contributed by atoms with E-state index in [4.69, 9.17) is 10.1 Å². The second-order valence-corrected chi connectivity index (χ2v) is 9.22. The molecule has 3 aromatic rings. The number of ether oxygens (including phenoxy) is 1. The average Bonchev–Trinajstić information content (AvgIpc) is 3.33. The fourth-order valence-corrected chi connectivity index (χ4v) is 6.04. The smallest absolute Gasteiger partial charge is 0.138 e. The number of halogens is 1. The lowest BCUT2D eigenvalue weighted by molar-refractivity contribution is -0.126. The molecule has 1 heterocycles. The minimum atomic E-state index is -0.222. The van der Waals surface area contributed by atoms with E-state index in [1.165, 1.54) is 11.1 Å². The molecule has 0 aromatic heterocycles. The number of nitrogens with one attached hydrogen (secondary N) is 1. The predicted molar refractivity (Wildman–Crippen MR) is 138 cm³/mol. The highest BCUT2D eigenvalue weighted by Crippen LogP contribution is 2.52. The molecular weight excluding hydrogens is 444 g/mol. The van der Waals surface area contributed by atoms with Crippen LogP contribution < -0.4 is 4.74 Å². The highest BCUT2D eigenvalue weighted by molar-refractivity contribution is 5.87. The van der Waals surface area contributed by atoms with Crippen LogP contribution in [0.3, 0.4) is 0 Å². The first-order valence-corrected chi connectivity index (χ1v) is 11.7. The van der Waals surface area contributed by atoms with Crippen LogP contribution in [0.25, 0.3) is 0 Å². The zero-order chi connectivity index (χ0) is 22.8. The predicted octanol–water partition coefficient (Wildman–Crippen LogP) is 5.53. The van der Waals surface area contributed by atoms with E-state index in [1.54, 1.807) is 7.11 Å². The molecule has 1 aliphatic carbocycles. The molecule has 0 spiro atoms. The summed E-state index contributed by atoms with van der Waals surface area (Å²) >= 11 is 0. The van der Waals surface area contributed by atoms with Crippen molar-refractivity contribution in [2.45, 2.75) is 24.7 Å². The van der Waals surface area contributed by atoms with Crippen LogP contribution in [-0.4, -0.2) is 36.7 Å². The lowest BCUT2D eigenvalue weighted by Crippen LogP contribution is -2.47. The fraction of sp³-hybridized carbons (Fsp3) is 0.310. The SMILES string of the molecule is COc1ccccc1CC(=N)N1C[C@@H]2C(=O)CCC(c3ccccc3)(c3ccccc3)[C@@H]2C1.Cl. The maximum Gasteiger partial charge on any atom is 0.138 e. The van der Waals surface area contributed by atoms with E-state index in [0.717, 1.165) is 17.7 Å². The fourth-order valence-electron chi connectivity index (χ4n) is 6.04. The average molecular weight is 475 g/mol. The number of rotatable bonds is 5. The second-order valence-electron chi connectivity index (χ2n) is 9.22. The van der Waals surface area contributed by atoms with Gasteiger partial charge < -0.3 is 9.64 Å². The molecule has 1 saturated carbocycles. The number of para-hydroxylation sites is 1.